The second-order valence-corrected chi connectivity index (χ2v) is 9.40. The van der Waals surface area contributed by atoms with Crippen LogP contribution >= 0.6 is 11.6 Å². The Labute approximate surface area is 191 Å². The summed E-state index contributed by atoms with van der Waals surface area (Å²) in [5.74, 6) is -1.23. The lowest BCUT2D eigenvalue weighted by Crippen LogP contribution is -2.39. The van der Waals surface area contributed by atoms with E-state index in [0.29, 0.717) is 10.6 Å². The minimum atomic E-state index is -4.07. The number of amides is 1. The molecule has 0 fully saturated rings. The van der Waals surface area contributed by atoms with Crippen LogP contribution in [0.4, 0.5) is 4.39 Å². The van der Waals surface area contributed by atoms with Crippen molar-refractivity contribution >= 4 is 33.7 Å². The van der Waals surface area contributed by atoms with E-state index >= 15 is 0 Å². The number of rotatable bonds is 8. The Balaban J connectivity index is 1.81. The van der Waals surface area contributed by atoms with Gasteiger partial charge in [0.15, 0.2) is 0 Å². The Kier molecular flexibility index (Phi) is 7.74. The van der Waals surface area contributed by atoms with Gasteiger partial charge >= 0.3 is 0 Å². The molecule has 6 nitrogen and oxygen atoms in total. The van der Waals surface area contributed by atoms with Crippen LogP contribution in [0.2, 0.25) is 5.02 Å². The lowest BCUT2D eigenvalue weighted by atomic mass is 10.2. The molecule has 3 rings (SSSR count). The highest BCUT2D eigenvalue weighted by Crippen LogP contribution is 2.20. The summed E-state index contributed by atoms with van der Waals surface area (Å²) in [7, 11) is -4.07. The number of nitrogens with zero attached hydrogens (tertiary/aromatic N) is 2. The summed E-state index contributed by atoms with van der Waals surface area (Å²) in [5, 5.41) is 4.36. The van der Waals surface area contributed by atoms with E-state index in [9.17, 15) is 17.6 Å². The molecule has 166 valence electrons. The van der Waals surface area contributed by atoms with Gasteiger partial charge in [0, 0.05) is 17.1 Å². The van der Waals surface area contributed by atoms with Crippen molar-refractivity contribution < 1.29 is 17.6 Å². The Morgan fingerprint density at radius 2 is 1.81 bits per heavy atom. The highest BCUT2D eigenvalue weighted by molar-refractivity contribution is 7.89. The molecule has 1 amide bonds. The Hall–Kier alpha value is -3.07. The van der Waals surface area contributed by atoms with E-state index in [4.69, 9.17) is 11.6 Å². The molecular formula is C23H21ClFN3O3S. The number of nitrogens with one attached hydrogen (secondary N) is 1. The molecule has 3 aromatic rings. The zero-order chi connectivity index (χ0) is 23.1. The monoisotopic (exact) mass is 473 g/mol. The second-order valence-electron chi connectivity index (χ2n) is 7.03. The summed E-state index contributed by atoms with van der Waals surface area (Å²) in [5.41, 5.74) is 4.00. The van der Waals surface area contributed by atoms with Gasteiger partial charge in [-0.25, -0.2) is 18.2 Å². The first kappa shape index (κ1) is 23.6. The molecule has 3 aromatic carbocycles. The van der Waals surface area contributed by atoms with Crippen LogP contribution in [-0.2, 0) is 21.4 Å². The highest BCUT2D eigenvalue weighted by atomic mass is 35.5. The van der Waals surface area contributed by atoms with Crippen molar-refractivity contribution in [2.75, 3.05) is 6.54 Å². The number of carbonyl (C=O) groups excluding carboxylic acids is 1. The van der Waals surface area contributed by atoms with Gasteiger partial charge in [-0.2, -0.15) is 9.41 Å². The van der Waals surface area contributed by atoms with Crippen LogP contribution < -0.4 is 5.43 Å². The number of carbonyl (C=O) groups is 1. The van der Waals surface area contributed by atoms with Crippen molar-refractivity contribution in [3.8, 4) is 0 Å². The number of hydrogen-bond donors (Lipinski definition) is 1. The van der Waals surface area contributed by atoms with Gasteiger partial charge in [0.25, 0.3) is 5.91 Å². The van der Waals surface area contributed by atoms with Crippen molar-refractivity contribution in [2.24, 2.45) is 5.10 Å². The average molecular weight is 474 g/mol. The van der Waals surface area contributed by atoms with Crippen molar-refractivity contribution in [2.45, 2.75) is 18.4 Å². The zero-order valence-electron chi connectivity index (χ0n) is 17.2. The molecule has 9 heteroatoms. The quantitative estimate of drug-likeness (QED) is 0.394. The Bertz CT molecular complexity index is 1230. The van der Waals surface area contributed by atoms with Crippen LogP contribution in [-0.4, -0.2) is 31.4 Å². The molecule has 0 unspecified atom stereocenters. The summed E-state index contributed by atoms with van der Waals surface area (Å²) in [6, 6.07) is 18.9. The predicted octanol–water partition coefficient (Wildman–Crippen LogP) is 4.13. The first-order chi connectivity index (χ1) is 15.3. The molecule has 0 radical (unpaired) electrons. The standard InChI is InChI=1S/C23H21ClFN3O3S/c1-17-9-11-21(12-10-17)32(30,31)28(15-19-6-2-3-8-22(19)25)16-23(29)27-26-14-18-5-4-7-20(24)13-18/h2-14H,15-16H2,1H3,(H,27,29)/b26-14+. The normalized spacial score (nSPS) is 11.8. The molecule has 0 saturated carbocycles. The predicted molar refractivity (Wildman–Crippen MR) is 122 cm³/mol. The molecule has 0 spiro atoms. The molecule has 0 saturated heterocycles. The number of hydrazone groups is 1. The second kappa shape index (κ2) is 10.5. The van der Waals surface area contributed by atoms with E-state index in [-0.39, 0.29) is 17.0 Å². The van der Waals surface area contributed by atoms with Crippen LogP contribution in [0.1, 0.15) is 16.7 Å². The van der Waals surface area contributed by atoms with Gasteiger partial charge in [-0.05, 0) is 42.8 Å². The molecule has 0 aliphatic rings. The lowest BCUT2D eigenvalue weighted by Gasteiger charge is -2.22. The van der Waals surface area contributed by atoms with Crippen LogP contribution in [0.3, 0.4) is 0 Å². The SMILES string of the molecule is Cc1ccc(S(=O)(=O)N(CC(=O)N/N=C/c2cccc(Cl)c2)Cc2ccccc2F)cc1. The summed E-state index contributed by atoms with van der Waals surface area (Å²) in [6.07, 6.45) is 1.39. The van der Waals surface area contributed by atoms with Crippen LogP contribution in [0.15, 0.2) is 82.8 Å². The molecule has 0 heterocycles. The smallest absolute Gasteiger partial charge is 0.255 e. The van der Waals surface area contributed by atoms with Crippen LogP contribution in [0.5, 0.6) is 0 Å². The minimum absolute atomic E-state index is 0.00895. The van der Waals surface area contributed by atoms with Crippen molar-refractivity contribution in [3.63, 3.8) is 0 Å². The van der Waals surface area contributed by atoms with E-state index in [0.717, 1.165) is 9.87 Å². The molecule has 0 atom stereocenters. The minimum Gasteiger partial charge on any atom is -0.272 e. The fraction of sp³-hybridized carbons (Fsp3) is 0.130. The Morgan fingerprint density at radius 1 is 1.09 bits per heavy atom. The first-order valence-electron chi connectivity index (χ1n) is 9.63. The average Bonchev–Trinajstić information content (AvgIpc) is 2.75. The topological polar surface area (TPSA) is 78.8 Å². The molecular weight excluding hydrogens is 453 g/mol. The largest absolute Gasteiger partial charge is 0.272 e. The number of halogens is 2. The fourth-order valence-corrected chi connectivity index (χ4v) is 4.44. The van der Waals surface area contributed by atoms with E-state index in [1.165, 1.54) is 36.5 Å². The maximum absolute atomic E-state index is 14.2. The first-order valence-corrected chi connectivity index (χ1v) is 11.5. The molecule has 32 heavy (non-hydrogen) atoms. The van der Waals surface area contributed by atoms with Gasteiger partial charge < -0.3 is 0 Å². The lowest BCUT2D eigenvalue weighted by molar-refractivity contribution is -0.121. The van der Waals surface area contributed by atoms with Gasteiger partial charge in [0.1, 0.15) is 5.82 Å². The third kappa shape index (κ3) is 6.23. The third-order valence-corrected chi connectivity index (χ3v) is 6.58. The Morgan fingerprint density at radius 3 is 2.50 bits per heavy atom. The van der Waals surface area contributed by atoms with E-state index in [2.05, 4.69) is 10.5 Å². The summed E-state index contributed by atoms with van der Waals surface area (Å²) in [6.45, 7) is 0.977. The summed E-state index contributed by atoms with van der Waals surface area (Å²) >= 11 is 5.91. The number of aryl methyl sites for hydroxylation is 1. The summed E-state index contributed by atoms with van der Waals surface area (Å²) < 4.78 is 41.5. The highest BCUT2D eigenvalue weighted by Gasteiger charge is 2.27. The zero-order valence-corrected chi connectivity index (χ0v) is 18.8. The summed E-state index contributed by atoms with van der Waals surface area (Å²) in [4.78, 5) is 12.5. The third-order valence-electron chi connectivity index (χ3n) is 4.53. The number of benzene rings is 3. The number of hydrogen-bond acceptors (Lipinski definition) is 4. The maximum Gasteiger partial charge on any atom is 0.255 e. The van der Waals surface area contributed by atoms with Gasteiger partial charge in [-0.1, -0.05) is 59.6 Å². The van der Waals surface area contributed by atoms with Crippen LogP contribution in [0, 0.1) is 12.7 Å². The van der Waals surface area contributed by atoms with Gasteiger partial charge in [0.2, 0.25) is 10.0 Å². The van der Waals surface area contributed by atoms with E-state index < -0.39 is 28.3 Å². The molecule has 0 aliphatic heterocycles. The van der Waals surface area contributed by atoms with Gasteiger partial charge in [0.05, 0.1) is 17.7 Å². The number of sulfonamides is 1. The molecule has 0 aliphatic carbocycles. The molecule has 0 bridgehead atoms. The van der Waals surface area contributed by atoms with Crippen molar-refractivity contribution in [3.05, 3.63) is 100 Å². The van der Waals surface area contributed by atoms with Crippen LogP contribution in [0.25, 0.3) is 0 Å². The fourth-order valence-electron chi connectivity index (χ4n) is 2.86. The maximum atomic E-state index is 14.2. The van der Waals surface area contributed by atoms with Gasteiger partial charge in [-0.15, -0.1) is 0 Å². The van der Waals surface area contributed by atoms with Crippen molar-refractivity contribution in [1.82, 2.24) is 9.73 Å². The molecule has 1 N–H and O–H groups in total. The molecule has 0 aromatic heterocycles. The van der Waals surface area contributed by atoms with E-state index in [1.54, 1.807) is 42.5 Å². The van der Waals surface area contributed by atoms with Gasteiger partial charge in [-0.3, -0.25) is 4.79 Å². The van der Waals surface area contributed by atoms with E-state index in [1.807, 2.05) is 6.92 Å². The van der Waals surface area contributed by atoms with Crippen molar-refractivity contribution in [1.29, 1.82) is 0 Å².